The number of amides is 1. The van der Waals surface area contributed by atoms with Crippen LogP contribution in [0.3, 0.4) is 0 Å². The van der Waals surface area contributed by atoms with Crippen LogP contribution in [-0.4, -0.2) is 39.9 Å². The van der Waals surface area contributed by atoms with Crippen molar-refractivity contribution in [2.75, 3.05) is 18.4 Å². The molecule has 1 saturated heterocycles. The van der Waals surface area contributed by atoms with Crippen molar-refractivity contribution in [3.63, 3.8) is 0 Å². The number of aromatic nitrogens is 2. The number of aliphatic carboxylic acids is 1. The average molecular weight is 266 g/mol. The smallest absolute Gasteiger partial charge is 0.325 e. The number of carboxylic acids is 1. The van der Waals surface area contributed by atoms with Crippen LogP contribution < -0.4 is 10.6 Å². The van der Waals surface area contributed by atoms with Crippen LogP contribution in [0.4, 0.5) is 5.69 Å². The molecule has 2 heterocycles. The second kappa shape index (κ2) is 5.40. The lowest BCUT2D eigenvalue weighted by atomic mass is 9.83. The van der Waals surface area contributed by atoms with Gasteiger partial charge in [-0.25, -0.2) is 0 Å². The minimum absolute atomic E-state index is 0.0325. The third kappa shape index (κ3) is 2.93. The first-order valence-corrected chi connectivity index (χ1v) is 6.32. The maximum absolute atomic E-state index is 12.3. The number of rotatable bonds is 5. The molecule has 1 aromatic heterocycles. The summed E-state index contributed by atoms with van der Waals surface area (Å²) in [5.41, 5.74) is 0.167. The van der Waals surface area contributed by atoms with Crippen molar-refractivity contribution in [1.82, 2.24) is 15.1 Å². The molecule has 0 saturated carbocycles. The van der Waals surface area contributed by atoms with E-state index in [0.717, 1.165) is 19.4 Å². The molecule has 104 valence electrons. The van der Waals surface area contributed by atoms with Gasteiger partial charge in [-0.2, -0.15) is 5.10 Å². The van der Waals surface area contributed by atoms with Crippen LogP contribution in [0.15, 0.2) is 12.4 Å². The summed E-state index contributed by atoms with van der Waals surface area (Å²) < 4.78 is 1.28. The lowest BCUT2D eigenvalue weighted by molar-refractivity contribution is -0.137. The predicted molar refractivity (Wildman–Crippen MR) is 68.7 cm³/mol. The van der Waals surface area contributed by atoms with Crippen LogP contribution in [0.1, 0.15) is 19.8 Å². The Bertz CT molecular complexity index is 477. The topological polar surface area (TPSA) is 96.2 Å². The Morgan fingerprint density at radius 3 is 3.00 bits per heavy atom. The van der Waals surface area contributed by atoms with Gasteiger partial charge in [0, 0.05) is 12.7 Å². The summed E-state index contributed by atoms with van der Waals surface area (Å²) in [6, 6.07) is 0. The van der Waals surface area contributed by atoms with E-state index in [0.29, 0.717) is 12.2 Å². The van der Waals surface area contributed by atoms with Gasteiger partial charge in [0.15, 0.2) is 0 Å². The van der Waals surface area contributed by atoms with Crippen LogP contribution in [0.2, 0.25) is 0 Å². The number of carboxylic acid groups (broad SMARTS) is 1. The fourth-order valence-corrected chi connectivity index (χ4v) is 2.32. The molecule has 0 aliphatic carbocycles. The maximum Gasteiger partial charge on any atom is 0.325 e. The van der Waals surface area contributed by atoms with E-state index < -0.39 is 5.97 Å². The molecule has 2 rings (SSSR count). The highest BCUT2D eigenvalue weighted by Crippen LogP contribution is 2.30. The SMILES string of the molecule is CCC1(C(=O)Nc2cnn(CC(=O)O)c2)CCNC1. The minimum Gasteiger partial charge on any atom is -0.480 e. The van der Waals surface area contributed by atoms with Crippen molar-refractivity contribution < 1.29 is 14.7 Å². The Kier molecular flexibility index (Phi) is 3.84. The molecule has 3 N–H and O–H groups in total. The van der Waals surface area contributed by atoms with Crippen LogP contribution in [0.5, 0.6) is 0 Å². The van der Waals surface area contributed by atoms with E-state index in [1.165, 1.54) is 17.1 Å². The lowest BCUT2D eigenvalue weighted by Crippen LogP contribution is -2.37. The molecule has 0 radical (unpaired) electrons. The molecule has 1 fully saturated rings. The van der Waals surface area contributed by atoms with Gasteiger partial charge in [-0.05, 0) is 19.4 Å². The highest BCUT2D eigenvalue weighted by atomic mass is 16.4. The highest BCUT2D eigenvalue weighted by Gasteiger charge is 2.39. The predicted octanol–water partition coefficient (Wildman–Crippen LogP) is 0.296. The number of nitrogens with zero attached hydrogens (tertiary/aromatic N) is 2. The van der Waals surface area contributed by atoms with Gasteiger partial charge >= 0.3 is 5.97 Å². The molecule has 1 aliphatic rings. The summed E-state index contributed by atoms with van der Waals surface area (Å²) in [5, 5.41) is 18.6. The van der Waals surface area contributed by atoms with Gasteiger partial charge in [-0.1, -0.05) is 6.92 Å². The molecule has 19 heavy (non-hydrogen) atoms. The standard InChI is InChI=1S/C12H18N4O3/c1-2-12(3-4-13-8-12)11(19)15-9-5-14-16(6-9)7-10(17)18/h5-6,13H,2-4,7-8H2,1H3,(H,15,19)(H,17,18). The highest BCUT2D eigenvalue weighted by molar-refractivity contribution is 5.95. The van der Waals surface area contributed by atoms with Gasteiger partial charge in [-0.15, -0.1) is 0 Å². The number of anilines is 1. The van der Waals surface area contributed by atoms with Crippen LogP contribution in [0, 0.1) is 5.41 Å². The minimum atomic E-state index is -0.967. The normalized spacial score (nSPS) is 22.4. The van der Waals surface area contributed by atoms with E-state index >= 15 is 0 Å². The second-order valence-corrected chi connectivity index (χ2v) is 4.84. The van der Waals surface area contributed by atoms with Crippen LogP contribution in [-0.2, 0) is 16.1 Å². The van der Waals surface area contributed by atoms with E-state index in [1.54, 1.807) is 0 Å². The molecule has 0 bridgehead atoms. The number of hydrogen-bond acceptors (Lipinski definition) is 4. The zero-order valence-electron chi connectivity index (χ0n) is 10.8. The van der Waals surface area contributed by atoms with Gasteiger partial charge in [0.1, 0.15) is 6.54 Å². The monoisotopic (exact) mass is 266 g/mol. The number of nitrogens with one attached hydrogen (secondary N) is 2. The average Bonchev–Trinajstić information content (AvgIpc) is 2.98. The molecule has 1 aromatic rings. The fraction of sp³-hybridized carbons (Fsp3) is 0.583. The van der Waals surface area contributed by atoms with Crippen molar-refractivity contribution in [2.24, 2.45) is 5.41 Å². The number of hydrogen-bond donors (Lipinski definition) is 3. The van der Waals surface area contributed by atoms with E-state index in [1.807, 2.05) is 6.92 Å². The third-order valence-electron chi connectivity index (χ3n) is 3.59. The van der Waals surface area contributed by atoms with Crippen molar-refractivity contribution in [1.29, 1.82) is 0 Å². The molecule has 1 atom stereocenters. The third-order valence-corrected chi connectivity index (χ3v) is 3.59. The first-order valence-electron chi connectivity index (χ1n) is 6.32. The lowest BCUT2D eigenvalue weighted by Gasteiger charge is -2.24. The van der Waals surface area contributed by atoms with Gasteiger partial charge in [0.2, 0.25) is 5.91 Å². The summed E-state index contributed by atoms with van der Waals surface area (Å²) in [6.45, 7) is 3.31. The van der Waals surface area contributed by atoms with Gasteiger partial charge in [0.25, 0.3) is 0 Å². The first kappa shape index (κ1) is 13.5. The van der Waals surface area contributed by atoms with E-state index in [-0.39, 0.29) is 17.9 Å². The molecule has 7 heteroatoms. The Morgan fingerprint density at radius 2 is 2.42 bits per heavy atom. The van der Waals surface area contributed by atoms with Crippen molar-refractivity contribution in [2.45, 2.75) is 26.3 Å². The molecule has 0 spiro atoms. The summed E-state index contributed by atoms with van der Waals surface area (Å²) in [4.78, 5) is 22.8. The Balaban J connectivity index is 2.02. The summed E-state index contributed by atoms with van der Waals surface area (Å²) in [7, 11) is 0. The number of carbonyl (C=O) groups is 2. The van der Waals surface area contributed by atoms with Crippen LogP contribution >= 0.6 is 0 Å². The summed E-state index contributed by atoms with van der Waals surface area (Å²) in [5.74, 6) is -0.999. The van der Waals surface area contributed by atoms with E-state index in [2.05, 4.69) is 15.7 Å². The molecule has 7 nitrogen and oxygen atoms in total. The van der Waals surface area contributed by atoms with E-state index in [4.69, 9.17) is 5.11 Å². The molecule has 0 aromatic carbocycles. The molecular formula is C12H18N4O3. The largest absolute Gasteiger partial charge is 0.480 e. The Hall–Kier alpha value is -1.89. The maximum atomic E-state index is 12.3. The van der Waals surface area contributed by atoms with E-state index in [9.17, 15) is 9.59 Å². The molecular weight excluding hydrogens is 248 g/mol. The van der Waals surface area contributed by atoms with Crippen LogP contribution in [0.25, 0.3) is 0 Å². The Morgan fingerprint density at radius 1 is 1.63 bits per heavy atom. The first-order chi connectivity index (χ1) is 9.05. The Labute approximate surface area is 111 Å². The zero-order valence-corrected chi connectivity index (χ0v) is 10.8. The van der Waals surface area contributed by atoms with Crippen molar-refractivity contribution in [3.05, 3.63) is 12.4 Å². The summed E-state index contributed by atoms with van der Waals surface area (Å²) >= 11 is 0. The summed E-state index contributed by atoms with van der Waals surface area (Å²) in [6.07, 6.45) is 4.58. The van der Waals surface area contributed by atoms with Gasteiger partial charge < -0.3 is 15.7 Å². The molecule has 1 amide bonds. The van der Waals surface area contributed by atoms with Crippen molar-refractivity contribution in [3.8, 4) is 0 Å². The van der Waals surface area contributed by atoms with Gasteiger partial charge in [0.05, 0.1) is 17.3 Å². The van der Waals surface area contributed by atoms with Gasteiger partial charge in [-0.3, -0.25) is 14.3 Å². The fourth-order valence-electron chi connectivity index (χ4n) is 2.32. The molecule has 1 unspecified atom stereocenters. The zero-order chi connectivity index (χ0) is 13.9. The quantitative estimate of drug-likeness (QED) is 0.712. The second-order valence-electron chi connectivity index (χ2n) is 4.84. The van der Waals surface area contributed by atoms with Crippen molar-refractivity contribution >= 4 is 17.6 Å². The number of carbonyl (C=O) groups excluding carboxylic acids is 1. The molecule has 1 aliphatic heterocycles.